The average molecular weight is 437 g/mol. The van der Waals surface area contributed by atoms with Crippen LogP contribution in [0.1, 0.15) is 11.4 Å². The summed E-state index contributed by atoms with van der Waals surface area (Å²) < 4.78 is 1.69. The van der Waals surface area contributed by atoms with E-state index in [0.717, 1.165) is 22.6 Å². The van der Waals surface area contributed by atoms with Gasteiger partial charge >= 0.3 is 0 Å². The summed E-state index contributed by atoms with van der Waals surface area (Å²) in [6, 6.07) is 11.9. The van der Waals surface area contributed by atoms with Crippen molar-refractivity contribution in [1.82, 2.24) is 24.6 Å². The van der Waals surface area contributed by atoms with Gasteiger partial charge in [-0.05, 0) is 19.9 Å². The number of rotatable bonds is 7. The van der Waals surface area contributed by atoms with Crippen molar-refractivity contribution >= 4 is 39.9 Å². The molecule has 0 unspecified atom stereocenters. The van der Waals surface area contributed by atoms with Gasteiger partial charge in [0.2, 0.25) is 11.1 Å². The molecular weight excluding hydrogens is 416 g/mol. The van der Waals surface area contributed by atoms with Crippen LogP contribution in [0.4, 0.5) is 5.13 Å². The molecule has 0 aliphatic carbocycles. The van der Waals surface area contributed by atoms with Crippen LogP contribution in [0.25, 0.3) is 17.0 Å². The number of benzene rings is 1. The van der Waals surface area contributed by atoms with Gasteiger partial charge in [-0.1, -0.05) is 48.2 Å². The SMILES string of the molecule is C=CCN(C(=O)CSc1nc2nc(C)cc(C)n2n1)c1nc(-c2ccccc2)cs1. The van der Waals surface area contributed by atoms with Crippen LogP contribution in [-0.2, 0) is 4.79 Å². The van der Waals surface area contributed by atoms with Crippen molar-refractivity contribution in [1.29, 1.82) is 0 Å². The second-order valence-corrected chi connectivity index (χ2v) is 8.39. The first-order chi connectivity index (χ1) is 14.5. The maximum absolute atomic E-state index is 12.9. The molecule has 0 saturated heterocycles. The number of fused-ring (bicyclic) bond motifs is 1. The number of nitrogens with zero attached hydrogens (tertiary/aromatic N) is 6. The number of thiazole rings is 1. The normalized spacial score (nSPS) is 11.0. The molecular formula is C21H20N6OS2. The number of amides is 1. The molecule has 3 heterocycles. The molecule has 0 spiro atoms. The first-order valence-corrected chi connectivity index (χ1v) is 11.2. The molecule has 0 saturated carbocycles. The lowest BCUT2D eigenvalue weighted by Gasteiger charge is -2.17. The smallest absolute Gasteiger partial charge is 0.253 e. The number of aromatic nitrogens is 5. The predicted molar refractivity (Wildman–Crippen MR) is 121 cm³/mol. The quantitative estimate of drug-likeness (QED) is 0.320. The minimum Gasteiger partial charge on any atom is -0.284 e. The standard InChI is InChI=1S/C21H20N6OS2/c1-4-10-26(21-23-17(12-30-21)16-8-6-5-7-9-16)18(28)13-29-20-24-19-22-14(2)11-15(3)27(19)25-20/h4-9,11-12H,1,10,13H2,2-3H3. The molecule has 152 valence electrons. The summed E-state index contributed by atoms with van der Waals surface area (Å²) in [4.78, 5) is 28.0. The Morgan fingerprint density at radius 2 is 2.03 bits per heavy atom. The van der Waals surface area contributed by atoms with E-state index in [1.165, 1.54) is 23.1 Å². The second-order valence-electron chi connectivity index (χ2n) is 6.61. The molecule has 4 aromatic rings. The van der Waals surface area contributed by atoms with Crippen LogP contribution in [-0.4, -0.2) is 42.8 Å². The molecule has 30 heavy (non-hydrogen) atoms. The zero-order chi connectivity index (χ0) is 21.1. The third-order valence-electron chi connectivity index (χ3n) is 4.33. The van der Waals surface area contributed by atoms with Crippen LogP contribution in [0.2, 0.25) is 0 Å². The van der Waals surface area contributed by atoms with Crippen LogP contribution in [0.15, 0.2) is 59.6 Å². The molecule has 1 aromatic carbocycles. The monoisotopic (exact) mass is 436 g/mol. The molecule has 0 radical (unpaired) electrons. The lowest BCUT2D eigenvalue weighted by molar-refractivity contribution is -0.116. The van der Waals surface area contributed by atoms with Crippen LogP contribution in [0.3, 0.4) is 0 Å². The number of carbonyl (C=O) groups is 1. The molecule has 4 rings (SSSR count). The van der Waals surface area contributed by atoms with E-state index in [0.29, 0.717) is 22.6 Å². The van der Waals surface area contributed by atoms with Gasteiger partial charge in [0.25, 0.3) is 5.78 Å². The summed E-state index contributed by atoms with van der Waals surface area (Å²) in [7, 11) is 0. The summed E-state index contributed by atoms with van der Waals surface area (Å²) in [5.74, 6) is 0.662. The Bertz CT molecular complexity index is 1200. The summed E-state index contributed by atoms with van der Waals surface area (Å²) in [5, 5.41) is 7.58. The molecule has 1 amide bonds. The highest BCUT2D eigenvalue weighted by molar-refractivity contribution is 7.99. The number of anilines is 1. The second kappa shape index (κ2) is 8.76. The third kappa shape index (κ3) is 4.27. The molecule has 0 N–H and O–H groups in total. The summed E-state index contributed by atoms with van der Waals surface area (Å²) in [6.07, 6.45) is 1.70. The van der Waals surface area contributed by atoms with E-state index < -0.39 is 0 Å². The highest BCUT2D eigenvalue weighted by Gasteiger charge is 2.20. The van der Waals surface area contributed by atoms with Gasteiger partial charge < -0.3 is 0 Å². The number of carbonyl (C=O) groups excluding carboxylic acids is 1. The summed E-state index contributed by atoms with van der Waals surface area (Å²) >= 11 is 2.73. The van der Waals surface area contributed by atoms with Gasteiger partial charge in [0.05, 0.1) is 11.4 Å². The van der Waals surface area contributed by atoms with E-state index in [1.807, 2.05) is 55.6 Å². The fraction of sp³-hybridized carbons (Fsp3) is 0.190. The first kappa shape index (κ1) is 20.2. The maximum Gasteiger partial charge on any atom is 0.253 e. The number of hydrogen-bond acceptors (Lipinski definition) is 7. The van der Waals surface area contributed by atoms with Gasteiger partial charge in [-0.25, -0.2) is 14.5 Å². The number of hydrogen-bond donors (Lipinski definition) is 0. The van der Waals surface area contributed by atoms with Crippen molar-refractivity contribution in [3.8, 4) is 11.3 Å². The fourth-order valence-corrected chi connectivity index (χ4v) is 4.51. The van der Waals surface area contributed by atoms with Gasteiger partial charge in [0.1, 0.15) is 0 Å². The van der Waals surface area contributed by atoms with Crippen molar-refractivity contribution < 1.29 is 4.79 Å². The molecule has 0 fully saturated rings. The van der Waals surface area contributed by atoms with E-state index in [-0.39, 0.29) is 11.7 Å². The zero-order valence-electron chi connectivity index (χ0n) is 16.6. The zero-order valence-corrected chi connectivity index (χ0v) is 18.3. The van der Waals surface area contributed by atoms with Crippen LogP contribution < -0.4 is 4.90 Å². The van der Waals surface area contributed by atoms with Crippen molar-refractivity contribution in [2.75, 3.05) is 17.2 Å². The summed E-state index contributed by atoms with van der Waals surface area (Å²) in [6.45, 7) is 8.04. The Hall–Kier alpha value is -3.04. The van der Waals surface area contributed by atoms with Crippen LogP contribution >= 0.6 is 23.1 Å². The maximum atomic E-state index is 12.9. The summed E-state index contributed by atoms with van der Waals surface area (Å²) in [5.41, 5.74) is 3.71. The molecule has 9 heteroatoms. The molecule has 0 aliphatic rings. The van der Waals surface area contributed by atoms with Crippen molar-refractivity contribution in [2.24, 2.45) is 0 Å². The van der Waals surface area contributed by atoms with Gasteiger partial charge in [-0.3, -0.25) is 9.69 Å². The molecule has 0 bridgehead atoms. The lowest BCUT2D eigenvalue weighted by Crippen LogP contribution is -2.32. The van der Waals surface area contributed by atoms with E-state index in [1.54, 1.807) is 15.5 Å². The lowest BCUT2D eigenvalue weighted by atomic mass is 10.2. The van der Waals surface area contributed by atoms with Gasteiger partial charge in [0.15, 0.2) is 5.13 Å². The van der Waals surface area contributed by atoms with Crippen molar-refractivity contribution in [3.63, 3.8) is 0 Å². The van der Waals surface area contributed by atoms with E-state index in [9.17, 15) is 4.79 Å². The van der Waals surface area contributed by atoms with E-state index in [4.69, 9.17) is 0 Å². The minimum atomic E-state index is -0.0754. The Balaban J connectivity index is 1.50. The topological polar surface area (TPSA) is 76.3 Å². The highest BCUT2D eigenvalue weighted by Crippen LogP contribution is 2.28. The molecule has 3 aromatic heterocycles. The van der Waals surface area contributed by atoms with E-state index in [2.05, 4.69) is 26.6 Å². The Morgan fingerprint density at radius 3 is 2.80 bits per heavy atom. The fourth-order valence-electron chi connectivity index (χ4n) is 2.96. The van der Waals surface area contributed by atoms with Gasteiger partial charge in [-0.15, -0.1) is 23.0 Å². The van der Waals surface area contributed by atoms with Gasteiger partial charge in [-0.2, -0.15) is 4.98 Å². The largest absolute Gasteiger partial charge is 0.284 e. The van der Waals surface area contributed by atoms with Crippen LogP contribution in [0, 0.1) is 13.8 Å². The van der Waals surface area contributed by atoms with E-state index >= 15 is 0 Å². The average Bonchev–Trinajstić information content (AvgIpc) is 3.38. The Kier molecular flexibility index (Phi) is 5.91. The predicted octanol–water partition coefficient (Wildman–Crippen LogP) is 4.18. The van der Waals surface area contributed by atoms with Crippen LogP contribution in [0.5, 0.6) is 0 Å². The molecule has 7 nitrogen and oxygen atoms in total. The minimum absolute atomic E-state index is 0.0754. The third-order valence-corrected chi connectivity index (χ3v) is 6.01. The molecule has 0 aliphatic heterocycles. The van der Waals surface area contributed by atoms with Gasteiger partial charge in [0, 0.05) is 28.9 Å². The molecule has 0 atom stereocenters. The Labute approximate surface area is 182 Å². The highest BCUT2D eigenvalue weighted by atomic mass is 32.2. The first-order valence-electron chi connectivity index (χ1n) is 9.31. The Morgan fingerprint density at radius 1 is 1.23 bits per heavy atom. The number of aryl methyl sites for hydroxylation is 2. The number of thioether (sulfide) groups is 1. The van der Waals surface area contributed by atoms with Crippen molar-refractivity contribution in [2.45, 2.75) is 19.0 Å². The van der Waals surface area contributed by atoms with Crippen molar-refractivity contribution in [3.05, 3.63) is 65.8 Å².